The van der Waals surface area contributed by atoms with Crippen molar-refractivity contribution in [3.05, 3.63) is 58.4 Å². The van der Waals surface area contributed by atoms with Gasteiger partial charge < -0.3 is 11.1 Å². The van der Waals surface area contributed by atoms with Gasteiger partial charge >= 0.3 is 0 Å². The Balaban J connectivity index is 2.18. The van der Waals surface area contributed by atoms with Gasteiger partial charge in [-0.15, -0.1) is 0 Å². The Hall–Kier alpha value is -2.07. The number of nitrogen functional groups attached to an aromatic ring is 1. The van der Waals surface area contributed by atoms with Crippen LogP contribution < -0.4 is 11.1 Å². The number of nitrogens with one attached hydrogen (secondary N) is 1. The molecule has 0 unspecified atom stereocenters. The zero-order chi connectivity index (χ0) is 14.7. The van der Waals surface area contributed by atoms with Gasteiger partial charge in [-0.1, -0.05) is 29.8 Å². The molecule has 0 saturated heterocycles. The third-order valence-electron chi connectivity index (χ3n) is 2.97. The lowest BCUT2D eigenvalue weighted by Gasteiger charge is -2.12. The van der Waals surface area contributed by atoms with E-state index in [1.165, 1.54) is 12.1 Å². The van der Waals surface area contributed by atoms with Crippen LogP contribution in [0.1, 0.15) is 11.1 Å². The summed E-state index contributed by atoms with van der Waals surface area (Å²) in [4.78, 5) is 12.0. The molecule has 0 atom stereocenters. The predicted octanol–water partition coefficient (Wildman–Crippen LogP) is 3.55. The molecule has 0 aliphatic rings. The highest BCUT2D eigenvalue weighted by molar-refractivity contribution is 6.31. The second-order valence-corrected chi connectivity index (χ2v) is 4.87. The molecule has 0 spiro atoms. The van der Waals surface area contributed by atoms with E-state index in [0.717, 1.165) is 5.56 Å². The van der Waals surface area contributed by atoms with Crippen molar-refractivity contribution < 1.29 is 9.18 Å². The third kappa shape index (κ3) is 3.08. The largest absolute Gasteiger partial charge is 0.397 e. The van der Waals surface area contributed by atoms with Gasteiger partial charge in [-0.2, -0.15) is 0 Å². The average molecular weight is 293 g/mol. The lowest BCUT2D eigenvalue weighted by Crippen LogP contribution is -2.17. The predicted molar refractivity (Wildman–Crippen MR) is 79.3 cm³/mol. The molecule has 2 rings (SSSR count). The zero-order valence-corrected chi connectivity index (χ0v) is 11.7. The molecule has 0 saturated carbocycles. The third-order valence-corrected chi connectivity index (χ3v) is 3.32. The monoisotopic (exact) mass is 292 g/mol. The molecule has 2 aromatic carbocycles. The number of halogens is 2. The summed E-state index contributed by atoms with van der Waals surface area (Å²) in [5.41, 5.74) is 7.85. The quantitative estimate of drug-likeness (QED) is 0.850. The first-order valence-electron chi connectivity index (χ1n) is 6.07. The van der Waals surface area contributed by atoms with Crippen LogP contribution >= 0.6 is 11.6 Å². The molecule has 20 heavy (non-hydrogen) atoms. The van der Waals surface area contributed by atoms with Gasteiger partial charge in [0.15, 0.2) is 0 Å². The van der Waals surface area contributed by atoms with Crippen LogP contribution in [0.15, 0.2) is 36.4 Å². The summed E-state index contributed by atoms with van der Waals surface area (Å²) in [6.07, 6.45) is -0.140. The first-order chi connectivity index (χ1) is 9.49. The summed E-state index contributed by atoms with van der Waals surface area (Å²) in [7, 11) is 0. The average Bonchev–Trinajstić information content (AvgIpc) is 2.39. The lowest BCUT2D eigenvalue weighted by molar-refractivity contribution is -0.115. The van der Waals surface area contributed by atoms with E-state index < -0.39 is 5.82 Å². The number of aryl methyl sites for hydroxylation is 1. The molecule has 5 heteroatoms. The SMILES string of the molecule is Cc1cccc(N)c1NC(=O)Cc1c(F)cccc1Cl. The van der Waals surface area contributed by atoms with E-state index in [1.54, 1.807) is 18.2 Å². The van der Waals surface area contributed by atoms with Gasteiger partial charge in [-0.25, -0.2) is 4.39 Å². The minimum atomic E-state index is -0.495. The van der Waals surface area contributed by atoms with Gasteiger partial charge in [0.1, 0.15) is 5.82 Å². The van der Waals surface area contributed by atoms with Gasteiger partial charge in [-0.05, 0) is 30.7 Å². The highest BCUT2D eigenvalue weighted by Gasteiger charge is 2.13. The normalized spacial score (nSPS) is 10.3. The number of carbonyl (C=O) groups is 1. The maximum Gasteiger partial charge on any atom is 0.229 e. The van der Waals surface area contributed by atoms with Gasteiger partial charge in [0, 0.05) is 10.6 Å². The van der Waals surface area contributed by atoms with Crippen molar-refractivity contribution in [2.24, 2.45) is 0 Å². The second kappa shape index (κ2) is 5.92. The Morgan fingerprint density at radius 2 is 2.00 bits per heavy atom. The van der Waals surface area contributed by atoms with Crippen LogP contribution in [0, 0.1) is 12.7 Å². The summed E-state index contributed by atoms with van der Waals surface area (Å²) < 4.78 is 13.6. The molecule has 0 aromatic heterocycles. The van der Waals surface area contributed by atoms with E-state index in [4.69, 9.17) is 17.3 Å². The topological polar surface area (TPSA) is 55.1 Å². The minimum Gasteiger partial charge on any atom is -0.397 e. The van der Waals surface area contributed by atoms with Gasteiger partial charge in [0.05, 0.1) is 17.8 Å². The molecule has 0 aliphatic carbocycles. The Morgan fingerprint density at radius 1 is 1.30 bits per heavy atom. The van der Waals surface area contributed by atoms with E-state index in [2.05, 4.69) is 5.32 Å². The van der Waals surface area contributed by atoms with Crippen molar-refractivity contribution in [1.29, 1.82) is 0 Å². The number of nitrogens with two attached hydrogens (primary N) is 1. The molecule has 0 bridgehead atoms. The van der Waals surface area contributed by atoms with Crippen molar-refractivity contribution in [3.63, 3.8) is 0 Å². The molecule has 0 fully saturated rings. The molecular formula is C15H14ClFN2O. The van der Waals surface area contributed by atoms with E-state index in [1.807, 2.05) is 13.0 Å². The Kier molecular flexibility index (Phi) is 4.25. The Morgan fingerprint density at radius 3 is 2.65 bits per heavy atom. The van der Waals surface area contributed by atoms with Crippen LogP contribution in [0.4, 0.5) is 15.8 Å². The number of carbonyl (C=O) groups excluding carboxylic acids is 1. The Labute approximate surface area is 121 Å². The maximum absolute atomic E-state index is 13.6. The number of para-hydroxylation sites is 1. The van der Waals surface area contributed by atoms with Gasteiger partial charge in [0.2, 0.25) is 5.91 Å². The summed E-state index contributed by atoms with van der Waals surface area (Å²) in [5.74, 6) is -0.858. The minimum absolute atomic E-state index is 0.140. The molecule has 1 amide bonds. The smallest absolute Gasteiger partial charge is 0.229 e. The molecule has 2 aromatic rings. The molecule has 0 radical (unpaired) electrons. The van der Waals surface area contributed by atoms with Crippen LogP contribution in [0.25, 0.3) is 0 Å². The fraction of sp³-hybridized carbons (Fsp3) is 0.133. The molecular weight excluding hydrogens is 279 g/mol. The number of anilines is 2. The van der Waals surface area contributed by atoms with Gasteiger partial charge in [-0.3, -0.25) is 4.79 Å². The van der Waals surface area contributed by atoms with Crippen LogP contribution in [-0.4, -0.2) is 5.91 Å². The van der Waals surface area contributed by atoms with Crippen molar-refractivity contribution in [2.75, 3.05) is 11.1 Å². The fourth-order valence-corrected chi connectivity index (χ4v) is 2.14. The maximum atomic E-state index is 13.6. The van der Waals surface area contributed by atoms with Crippen LogP contribution in [0.2, 0.25) is 5.02 Å². The number of rotatable bonds is 3. The van der Waals surface area contributed by atoms with Crippen molar-refractivity contribution in [3.8, 4) is 0 Å². The molecule has 3 N–H and O–H groups in total. The summed E-state index contributed by atoms with van der Waals surface area (Å²) in [5, 5.41) is 2.93. The zero-order valence-electron chi connectivity index (χ0n) is 10.9. The highest BCUT2D eigenvalue weighted by Crippen LogP contribution is 2.24. The molecule has 104 valence electrons. The van der Waals surface area contributed by atoms with E-state index in [-0.39, 0.29) is 22.9 Å². The first-order valence-corrected chi connectivity index (χ1v) is 6.44. The van der Waals surface area contributed by atoms with E-state index in [0.29, 0.717) is 11.4 Å². The number of amides is 1. The molecule has 0 aliphatic heterocycles. The highest BCUT2D eigenvalue weighted by atomic mass is 35.5. The summed E-state index contributed by atoms with van der Waals surface area (Å²) >= 11 is 5.89. The van der Waals surface area contributed by atoms with Crippen molar-refractivity contribution >= 4 is 28.9 Å². The van der Waals surface area contributed by atoms with Crippen molar-refractivity contribution in [1.82, 2.24) is 0 Å². The second-order valence-electron chi connectivity index (χ2n) is 4.46. The number of hydrogen-bond acceptors (Lipinski definition) is 2. The number of benzene rings is 2. The van der Waals surface area contributed by atoms with Crippen LogP contribution in [0.5, 0.6) is 0 Å². The van der Waals surface area contributed by atoms with Gasteiger partial charge in [0.25, 0.3) is 0 Å². The Bertz CT molecular complexity index is 562. The van der Waals surface area contributed by atoms with Crippen LogP contribution in [-0.2, 0) is 11.2 Å². The summed E-state index contributed by atoms with van der Waals surface area (Å²) in [6, 6.07) is 9.65. The molecule has 3 nitrogen and oxygen atoms in total. The van der Waals surface area contributed by atoms with Crippen LogP contribution in [0.3, 0.4) is 0 Å². The van der Waals surface area contributed by atoms with E-state index >= 15 is 0 Å². The standard InChI is InChI=1S/C15H14ClFN2O/c1-9-4-2-7-13(18)15(9)19-14(20)8-10-11(16)5-3-6-12(10)17/h2-7H,8,18H2,1H3,(H,19,20). The first kappa shape index (κ1) is 14.3. The lowest BCUT2D eigenvalue weighted by atomic mass is 10.1. The fourth-order valence-electron chi connectivity index (χ4n) is 1.91. The molecule has 0 heterocycles. The number of hydrogen-bond donors (Lipinski definition) is 2. The van der Waals surface area contributed by atoms with E-state index in [9.17, 15) is 9.18 Å². The summed E-state index contributed by atoms with van der Waals surface area (Å²) in [6.45, 7) is 1.84. The van der Waals surface area contributed by atoms with Crippen molar-refractivity contribution in [2.45, 2.75) is 13.3 Å².